The van der Waals surface area contributed by atoms with E-state index in [1.54, 1.807) is 0 Å². The van der Waals surface area contributed by atoms with E-state index < -0.39 is 11.6 Å². The molecule has 2 bridgehead atoms. The van der Waals surface area contributed by atoms with Gasteiger partial charge in [-0.2, -0.15) is 0 Å². The molecule has 102 valence electrons. The van der Waals surface area contributed by atoms with Gasteiger partial charge in [0.25, 0.3) is 0 Å². The van der Waals surface area contributed by atoms with Crippen molar-refractivity contribution in [1.82, 2.24) is 0 Å². The summed E-state index contributed by atoms with van der Waals surface area (Å²) in [5, 5.41) is 2.48. The largest absolute Gasteiger partial charge is 0.324 e. The Morgan fingerprint density at radius 1 is 1.26 bits per heavy atom. The highest BCUT2D eigenvalue weighted by Crippen LogP contribution is 2.49. The molecule has 0 aliphatic heterocycles. The molecule has 1 amide bonds. The quantitative estimate of drug-likeness (QED) is 0.886. The molecule has 2 aliphatic carbocycles. The van der Waals surface area contributed by atoms with E-state index >= 15 is 0 Å². The number of carbonyl (C=O) groups is 1. The summed E-state index contributed by atoms with van der Waals surface area (Å²) in [5.41, 5.74) is -0.0619. The van der Waals surface area contributed by atoms with Crippen molar-refractivity contribution in [2.24, 2.45) is 17.8 Å². The van der Waals surface area contributed by atoms with Gasteiger partial charge in [0.1, 0.15) is 11.6 Å². The van der Waals surface area contributed by atoms with Crippen LogP contribution in [0.1, 0.15) is 32.1 Å². The molecular formula is C15H17F2NO. The van der Waals surface area contributed by atoms with E-state index in [2.05, 4.69) is 5.32 Å². The Bertz CT molecular complexity index is 503. The van der Waals surface area contributed by atoms with E-state index in [0.717, 1.165) is 30.5 Å². The van der Waals surface area contributed by atoms with Crippen LogP contribution in [0.3, 0.4) is 0 Å². The summed E-state index contributed by atoms with van der Waals surface area (Å²) < 4.78 is 26.4. The Labute approximate surface area is 111 Å². The monoisotopic (exact) mass is 265 g/mol. The van der Waals surface area contributed by atoms with Gasteiger partial charge in [-0.05, 0) is 49.1 Å². The lowest BCUT2D eigenvalue weighted by Crippen LogP contribution is -2.20. The van der Waals surface area contributed by atoms with E-state index in [1.165, 1.54) is 19.3 Å². The summed E-state index contributed by atoms with van der Waals surface area (Å²) in [7, 11) is 0. The highest BCUT2D eigenvalue weighted by atomic mass is 19.1. The van der Waals surface area contributed by atoms with Crippen molar-refractivity contribution in [3.05, 3.63) is 29.8 Å². The maximum Gasteiger partial charge on any atom is 0.224 e. The number of carbonyl (C=O) groups excluding carboxylic acids is 1. The van der Waals surface area contributed by atoms with Crippen LogP contribution in [0.4, 0.5) is 14.5 Å². The fraction of sp³-hybridized carbons (Fsp3) is 0.533. The predicted molar refractivity (Wildman–Crippen MR) is 68.5 cm³/mol. The first-order valence-corrected chi connectivity index (χ1v) is 6.86. The second kappa shape index (κ2) is 4.91. The van der Waals surface area contributed by atoms with Crippen LogP contribution in [-0.4, -0.2) is 5.91 Å². The van der Waals surface area contributed by atoms with E-state index in [0.29, 0.717) is 18.3 Å². The third-order valence-electron chi connectivity index (χ3n) is 4.53. The first-order valence-electron chi connectivity index (χ1n) is 6.86. The van der Waals surface area contributed by atoms with Crippen LogP contribution in [-0.2, 0) is 4.79 Å². The molecule has 2 aliphatic rings. The van der Waals surface area contributed by atoms with Crippen LogP contribution in [0.5, 0.6) is 0 Å². The molecule has 2 nitrogen and oxygen atoms in total. The van der Waals surface area contributed by atoms with Crippen LogP contribution in [0.15, 0.2) is 18.2 Å². The second-order valence-corrected chi connectivity index (χ2v) is 5.81. The van der Waals surface area contributed by atoms with Gasteiger partial charge in [-0.25, -0.2) is 8.78 Å². The van der Waals surface area contributed by atoms with Gasteiger partial charge in [-0.15, -0.1) is 0 Å². The fourth-order valence-corrected chi connectivity index (χ4v) is 3.66. The molecule has 3 atom stereocenters. The average molecular weight is 265 g/mol. The number of nitrogens with one attached hydrogen (secondary N) is 1. The van der Waals surface area contributed by atoms with Crippen molar-refractivity contribution in [2.45, 2.75) is 32.1 Å². The molecule has 1 N–H and O–H groups in total. The topological polar surface area (TPSA) is 29.1 Å². The molecule has 19 heavy (non-hydrogen) atoms. The minimum Gasteiger partial charge on any atom is -0.324 e. The van der Waals surface area contributed by atoms with Crippen molar-refractivity contribution in [3.8, 4) is 0 Å². The minimum atomic E-state index is -0.595. The number of fused-ring (bicyclic) bond motifs is 2. The van der Waals surface area contributed by atoms with E-state index in [1.807, 2.05) is 0 Å². The Morgan fingerprint density at radius 3 is 2.79 bits per heavy atom. The number of anilines is 1. The first-order chi connectivity index (χ1) is 9.11. The van der Waals surface area contributed by atoms with Gasteiger partial charge in [0.05, 0.1) is 5.69 Å². The van der Waals surface area contributed by atoms with E-state index in [-0.39, 0.29) is 11.6 Å². The molecule has 0 heterocycles. The Hall–Kier alpha value is -1.45. The molecule has 0 aromatic heterocycles. The maximum absolute atomic E-state index is 13.4. The van der Waals surface area contributed by atoms with Gasteiger partial charge in [0, 0.05) is 12.5 Å². The van der Waals surface area contributed by atoms with Crippen LogP contribution in [0.2, 0.25) is 0 Å². The summed E-state index contributed by atoms with van der Waals surface area (Å²) in [5.74, 6) is 0.526. The standard InChI is InChI=1S/C15H17F2NO/c16-12-3-4-13(17)14(8-12)18-15(19)7-11-6-9-1-2-10(11)5-9/h3-4,8-11H,1-2,5-7H2,(H,18,19)/t9-,10-,11-/m1/s1. The molecule has 0 spiro atoms. The van der Waals surface area contributed by atoms with Crippen molar-refractivity contribution in [3.63, 3.8) is 0 Å². The highest BCUT2D eigenvalue weighted by Gasteiger charge is 2.40. The summed E-state index contributed by atoms with van der Waals surface area (Å²) in [6.07, 6.45) is 5.30. The molecule has 0 radical (unpaired) electrons. The van der Waals surface area contributed by atoms with Crippen LogP contribution in [0.25, 0.3) is 0 Å². The van der Waals surface area contributed by atoms with Gasteiger partial charge in [-0.1, -0.05) is 6.42 Å². The molecule has 1 aromatic carbocycles. The number of halogens is 2. The normalized spacial score (nSPS) is 28.6. The molecule has 1 aromatic rings. The molecular weight excluding hydrogens is 248 g/mol. The van der Waals surface area contributed by atoms with Crippen LogP contribution in [0, 0.1) is 29.4 Å². The number of hydrogen-bond acceptors (Lipinski definition) is 1. The number of amides is 1. The molecule has 3 rings (SSSR count). The third-order valence-corrected chi connectivity index (χ3v) is 4.53. The van der Waals surface area contributed by atoms with Gasteiger partial charge >= 0.3 is 0 Å². The van der Waals surface area contributed by atoms with Crippen molar-refractivity contribution in [1.29, 1.82) is 0 Å². The Balaban J connectivity index is 1.61. The number of rotatable bonds is 3. The molecule has 2 fully saturated rings. The lowest BCUT2D eigenvalue weighted by Gasteiger charge is -2.20. The van der Waals surface area contributed by atoms with Crippen LogP contribution >= 0.6 is 0 Å². The number of benzene rings is 1. The molecule has 0 saturated heterocycles. The van der Waals surface area contributed by atoms with Gasteiger partial charge in [0.2, 0.25) is 5.91 Å². The minimum absolute atomic E-state index is 0.0619. The van der Waals surface area contributed by atoms with Gasteiger partial charge in [0.15, 0.2) is 0 Å². The van der Waals surface area contributed by atoms with Crippen LogP contribution < -0.4 is 5.32 Å². The zero-order valence-electron chi connectivity index (χ0n) is 10.7. The lowest BCUT2D eigenvalue weighted by molar-refractivity contribution is -0.117. The maximum atomic E-state index is 13.4. The highest BCUT2D eigenvalue weighted by molar-refractivity contribution is 5.91. The van der Waals surface area contributed by atoms with Crippen molar-refractivity contribution in [2.75, 3.05) is 5.32 Å². The SMILES string of the molecule is O=C(C[C@H]1C[C@@H]2CC[C@@H]1C2)Nc1cc(F)ccc1F. The van der Waals surface area contributed by atoms with E-state index in [4.69, 9.17) is 0 Å². The first kappa shape index (κ1) is 12.6. The Morgan fingerprint density at radius 2 is 2.11 bits per heavy atom. The zero-order chi connectivity index (χ0) is 13.4. The average Bonchev–Trinajstić information content (AvgIpc) is 2.96. The fourth-order valence-electron chi connectivity index (χ4n) is 3.66. The van der Waals surface area contributed by atoms with Gasteiger partial charge < -0.3 is 5.32 Å². The Kier molecular flexibility index (Phi) is 3.25. The smallest absolute Gasteiger partial charge is 0.224 e. The molecule has 0 unspecified atom stereocenters. The third kappa shape index (κ3) is 2.62. The summed E-state index contributed by atoms with van der Waals surface area (Å²) in [6.45, 7) is 0. The van der Waals surface area contributed by atoms with Crippen molar-refractivity contribution >= 4 is 11.6 Å². The summed E-state index contributed by atoms with van der Waals surface area (Å²) in [4.78, 5) is 11.9. The van der Waals surface area contributed by atoms with Gasteiger partial charge in [-0.3, -0.25) is 4.79 Å². The molecule has 4 heteroatoms. The predicted octanol–water partition coefficient (Wildman–Crippen LogP) is 3.73. The summed E-state index contributed by atoms with van der Waals surface area (Å²) in [6, 6.07) is 3.09. The zero-order valence-corrected chi connectivity index (χ0v) is 10.7. The lowest BCUT2D eigenvalue weighted by atomic mass is 9.86. The number of hydrogen-bond donors (Lipinski definition) is 1. The summed E-state index contributed by atoms with van der Waals surface area (Å²) >= 11 is 0. The second-order valence-electron chi connectivity index (χ2n) is 5.81. The molecule has 2 saturated carbocycles. The van der Waals surface area contributed by atoms with Crippen molar-refractivity contribution < 1.29 is 13.6 Å². The van der Waals surface area contributed by atoms with E-state index in [9.17, 15) is 13.6 Å².